The predicted molar refractivity (Wildman–Crippen MR) is 111 cm³/mol. The summed E-state index contributed by atoms with van der Waals surface area (Å²) in [6, 6.07) is 6.03. The maximum Gasteiger partial charge on any atom is 0.417 e. The van der Waals surface area contributed by atoms with E-state index in [0.29, 0.717) is 28.9 Å². The highest BCUT2D eigenvalue weighted by atomic mass is 35.5. The van der Waals surface area contributed by atoms with Gasteiger partial charge in [0.15, 0.2) is 18.1 Å². The van der Waals surface area contributed by atoms with Gasteiger partial charge in [-0.05, 0) is 30.3 Å². The highest BCUT2D eigenvalue weighted by Gasteiger charge is 2.33. The molecule has 1 N–H and O–H groups in total. The Morgan fingerprint density at radius 3 is 2.22 bits per heavy atom. The first-order valence-electron chi connectivity index (χ1n) is 8.90. The van der Waals surface area contributed by atoms with Crippen molar-refractivity contribution in [2.75, 3.05) is 33.3 Å². The van der Waals surface area contributed by atoms with Gasteiger partial charge in [0.05, 0.1) is 31.9 Å². The lowest BCUT2D eigenvalue weighted by atomic mass is 10.1. The zero-order chi connectivity index (χ0) is 23.9. The standard InChI is InChI=1S/C21H19ClF3NO6/c1-29-16-10-18(31-3)17(30-2)8-12(16)4-7-20(28)32-11-19(27)26-13-5-6-15(22)14(9-13)21(23,24)25/h4-10H,11H2,1-3H3,(H,26,27)/b7-4+. The average molecular weight is 474 g/mol. The molecule has 0 bridgehead atoms. The van der Waals surface area contributed by atoms with Crippen molar-refractivity contribution in [1.82, 2.24) is 0 Å². The van der Waals surface area contributed by atoms with E-state index in [2.05, 4.69) is 5.32 Å². The molecule has 0 saturated heterocycles. The largest absolute Gasteiger partial charge is 0.496 e. The molecule has 0 radical (unpaired) electrons. The summed E-state index contributed by atoms with van der Waals surface area (Å²) in [5.41, 5.74) is -0.762. The van der Waals surface area contributed by atoms with Gasteiger partial charge in [0.2, 0.25) is 0 Å². The lowest BCUT2D eigenvalue weighted by molar-refractivity contribution is -0.142. The maximum absolute atomic E-state index is 12.9. The Bertz CT molecular complexity index is 1020. The minimum atomic E-state index is -4.68. The number of rotatable bonds is 8. The molecule has 0 heterocycles. The minimum Gasteiger partial charge on any atom is -0.496 e. The molecule has 0 atom stereocenters. The number of nitrogens with one attached hydrogen (secondary N) is 1. The van der Waals surface area contributed by atoms with Gasteiger partial charge in [-0.1, -0.05) is 11.6 Å². The number of benzene rings is 2. The Kier molecular flexibility index (Phi) is 8.36. The summed E-state index contributed by atoms with van der Waals surface area (Å²) in [5, 5.41) is 1.71. The number of carbonyl (C=O) groups is 2. The third-order valence-corrected chi connectivity index (χ3v) is 4.37. The minimum absolute atomic E-state index is 0.145. The third-order valence-electron chi connectivity index (χ3n) is 4.04. The highest BCUT2D eigenvalue weighted by molar-refractivity contribution is 6.31. The summed E-state index contributed by atoms with van der Waals surface area (Å²) in [4.78, 5) is 23.8. The fourth-order valence-electron chi connectivity index (χ4n) is 2.54. The fraction of sp³-hybridized carbons (Fsp3) is 0.238. The normalized spacial score (nSPS) is 11.2. The molecule has 0 fully saturated rings. The zero-order valence-electron chi connectivity index (χ0n) is 17.2. The Morgan fingerprint density at radius 1 is 1.00 bits per heavy atom. The number of methoxy groups -OCH3 is 3. The van der Waals surface area contributed by atoms with Gasteiger partial charge in [-0.2, -0.15) is 13.2 Å². The summed E-state index contributed by atoms with van der Waals surface area (Å²) in [6.07, 6.45) is -2.24. The van der Waals surface area contributed by atoms with E-state index in [1.807, 2.05) is 0 Å². The first kappa shape index (κ1) is 24.9. The number of hydrogen-bond donors (Lipinski definition) is 1. The van der Waals surface area contributed by atoms with Gasteiger partial charge in [0, 0.05) is 23.4 Å². The van der Waals surface area contributed by atoms with E-state index in [9.17, 15) is 22.8 Å². The Hall–Kier alpha value is -3.40. The van der Waals surface area contributed by atoms with Crippen molar-refractivity contribution in [1.29, 1.82) is 0 Å². The van der Waals surface area contributed by atoms with Gasteiger partial charge >= 0.3 is 12.1 Å². The fourth-order valence-corrected chi connectivity index (χ4v) is 2.77. The lowest BCUT2D eigenvalue weighted by Crippen LogP contribution is -2.20. The molecule has 0 aromatic heterocycles. The van der Waals surface area contributed by atoms with E-state index in [4.69, 9.17) is 30.5 Å². The van der Waals surface area contributed by atoms with Gasteiger partial charge < -0.3 is 24.3 Å². The van der Waals surface area contributed by atoms with E-state index in [1.165, 1.54) is 33.5 Å². The third kappa shape index (κ3) is 6.55. The van der Waals surface area contributed by atoms with Crippen LogP contribution in [0.1, 0.15) is 11.1 Å². The van der Waals surface area contributed by atoms with Crippen molar-refractivity contribution >= 4 is 35.2 Å². The van der Waals surface area contributed by atoms with Crippen LogP contribution in [0, 0.1) is 0 Å². The predicted octanol–water partition coefficient (Wildman–Crippen LogP) is 4.58. The smallest absolute Gasteiger partial charge is 0.417 e. The van der Waals surface area contributed by atoms with Gasteiger partial charge in [-0.15, -0.1) is 0 Å². The molecule has 0 unspecified atom stereocenters. The summed E-state index contributed by atoms with van der Waals surface area (Å²) in [7, 11) is 4.34. The topological polar surface area (TPSA) is 83.1 Å². The van der Waals surface area contributed by atoms with Gasteiger partial charge in [-0.3, -0.25) is 4.79 Å². The van der Waals surface area contributed by atoms with Crippen LogP contribution in [0.4, 0.5) is 18.9 Å². The second-order valence-electron chi connectivity index (χ2n) is 6.13. The van der Waals surface area contributed by atoms with Gasteiger partial charge in [-0.25, -0.2) is 4.79 Å². The molecule has 2 rings (SSSR count). The molecule has 0 aliphatic rings. The van der Waals surface area contributed by atoms with Crippen molar-refractivity contribution in [3.05, 3.63) is 52.6 Å². The molecule has 7 nitrogen and oxygen atoms in total. The molecule has 0 aliphatic carbocycles. The van der Waals surface area contributed by atoms with Crippen LogP contribution in [-0.4, -0.2) is 39.8 Å². The Balaban J connectivity index is 2.00. The SMILES string of the molecule is COc1cc(OC)c(OC)cc1/C=C/C(=O)OCC(=O)Nc1ccc(Cl)c(C(F)(F)F)c1. The number of esters is 1. The second-order valence-corrected chi connectivity index (χ2v) is 6.54. The van der Waals surface area contributed by atoms with Crippen LogP contribution in [-0.2, 0) is 20.5 Å². The van der Waals surface area contributed by atoms with Crippen LogP contribution in [0.15, 0.2) is 36.4 Å². The molecule has 0 saturated carbocycles. The average Bonchev–Trinajstić information content (AvgIpc) is 2.76. The number of anilines is 1. The van der Waals surface area contributed by atoms with E-state index in [-0.39, 0.29) is 5.69 Å². The van der Waals surface area contributed by atoms with Gasteiger partial charge in [0.1, 0.15) is 5.75 Å². The molecule has 0 spiro atoms. The second kappa shape index (κ2) is 10.8. The van der Waals surface area contributed by atoms with Crippen molar-refractivity contribution in [2.45, 2.75) is 6.18 Å². The van der Waals surface area contributed by atoms with E-state index >= 15 is 0 Å². The first-order chi connectivity index (χ1) is 15.1. The molecule has 0 aliphatic heterocycles. The van der Waals surface area contributed by atoms with Crippen LogP contribution in [0.25, 0.3) is 6.08 Å². The van der Waals surface area contributed by atoms with Crippen molar-refractivity contribution < 1.29 is 41.7 Å². The molecule has 2 aromatic carbocycles. The number of halogens is 4. The van der Waals surface area contributed by atoms with E-state index < -0.39 is 35.2 Å². The van der Waals surface area contributed by atoms with Gasteiger partial charge in [0.25, 0.3) is 5.91 Å². The molecular formula is C21H19ClF3NO6. The monoisotopic (exact) mass is 473 g/mol. The molecule has 2 aromatic rings. The zero-order valence-corrected chi connectivity index (χ0v) is 18.0. The molecular weight excluding hydrogens is 455 g/mol. The molecule has 32 heavy (non-hydrogen) atoms. The van der Waals surface area contributed by atoms with Crippen LogP contribution in [0.5, 0.6) is 17.2 Å². The van der Waals surface area contributed by atoms with Crippen LogP contribution in [0.3, 0.4) is 0 Å². The maximum atomic E-state index is 12.9. The Morgan fingerprint density at radius 2 is 1.62 bits per heavy atom. The van der Waals surface area contributed by atoms with Crippen molar-refractivity contribution in [3.8, 4) is 17.2 Å². The molecule has 172 valence electrons. The van der Waals surface area contributed by atoms with Crippen LogP contribution in [0.2, 0.25) is 5.02 Å². The first-order valence-corrected chi connectivity index (χ1v) is 9.28. The number of carbonyl (C=O) groups excluding carboxylic acids is 2. The summed E-state index contributed by atoms with van der Waals surface area (Å²) < 4.78 is 59.1. The van der Waals surface area contributed by atoms with Crippen molar-refractivity contribution in [2.24, 2.45) is 0 Å². The number of hydrogen-bond acceptors (Lipinski definition) is 6. The quantitative estimate of drug-likeness (QED) is 0.446. The number of alkyl halides is 3. The molecule has 11 heteroatoms. The Labute approximate surface area is 186 Å². The summed E-state index contributed by atoms with van der Waals surface area (Å²) in [5.74, 6) is -0.457. The number of amides is 1. The van der Waals surface area contributed by atoms with Crippen molar-refractivity contribution in [3.63, 3.8) is 0 Å². The summed E-state index contributed by atoms with van der Waals surface area (Å²) in [6.45, 7) is -0.712. The van der Waals surface area contributed by atoms with Crippen LogP contribution >= 0.6 is 11.6 Å². The highest BCUT2D eigenvalue weighted by Crippen LogP contribution is 2.36. The summed E-state index contributed by atoms with van der Waals surface area (Å²) >= 11 is 5.53. The van der Waals surface area contributed by atoms with Crippen LogP contribution < -0.4 is 19.5 Å². The van der Waals surface area contributed by atoms with E-state index in [0.717, 1.165) is 12.1 Å². The van der Waals surface area contributed by atoms with E-state index in [1.54, 1.807) is 12.1 Å². The lowest BCUT2D eigenvalue weighted by Gasteiger charge is -2.12. The molecule has 1 amide bonds. The number of ether oxygens (including phenoxy) is 4.